The summed E-state index contributed by atoms with van der Waals surface area (Å²) < 4.78 is 19.2. The molecule has 100 valence electrons. The summed E-state index contributed by atoms with van der Waals surface area (Å²) in [6.45, 7) is 2.45. The predicted octanol–water partition coefficient (Wildman–Crippen LogP) is 4.19. The van der Waals surface area contributed by atoms with Gasteiger partial charge in [0.1, 0.15) is 5.75 Å². The van der Waals surface area contributed by atoms with E-state index in [1.807, 2.05) is 18.2 Å². The van der Waals surface area contributed by atoms with Crippen molar-refractivity contribution in [2.24, 2.45) is 5.73 Å². The third-order valence-corrected chi connectivity index (χ3v) is 3.63. The van der Waals surface area contributed by atoms with Crippen molar-refractivity contribution in [3.05, 3.63) is 53.8 Å². The molecule has 2 aromatic rings. The van der Waals surface area contributed by atoms with Crippen molar-refractivity contribution in [3.8, 4) is 11.5 Å². The van der Waals surface area contributed by atoms with Crippen LogP contribution in [0, 0.1) is 5.82 Å². The first-order valence-corrected chi connectivity index (χ1v) is 7.12. The Morgan fingerprint density at radius 1 is 1.11 bits per heavy atom. The minimum absolute atomic E-state index is 0.218. The molecule has 2 rings (SSSR count). The highest BCUT2D eigenvalue weighted by atomic mass is 32.2. The lowest BCUT2D eigenvalue weighted by molar-refractivity contribution is 0.436. The molecule has 0 aliphatic carbocycles. The maximum Gasteiger partial charge on any atom is 0.165 e. The molecular formula is C15H16FNOS. The van der Waals surface area contributed by atoms with Gasteiger partial charge in [0.2, 0.25) is 0 Å². The van der Waals surface area contributed by atoms with Gasteiger partial charge in [-0.25, -0.2) is 4.39 Å². The number of thioether (sulfide) groups is 1. The third-order valence-electron chi connectivity index (χ3n) is 2.65. The van der Waals surface area contributed by atoms with Crippen LogP contribution in [0.3, 0.4) is 0 Å². The fourth-order valence-corrected chi connectivity index (χ4v) is 2.62. The zero-order chi connectivity index (χ0) is 13.7. The van der Waals surface area contributed by atoms with E-state index in [4.69, 9.17) is 10.5 Å². The minimum atomic E-state index is -0.376. The van der Waals surface area contributed by atoms with Crippen molar-refractivity contribution < 1.29 is 9.13 Å². The number of halogens is 1. The first-order chi connectivity index (χ1) is 9.26. The van der Waals surface area contributed by atoms with Gasteiger partial charge in [0.25, 0.3) is 0 Å². The predicted molar refractivity (Wildman–Crippen MR) is 77.2 cm³/mol. The van der Waals surface area contributed by atoms with Crippen LogP contribution in [-0.4, -0.2) is 5.75 Å². The van der Waals surface area contributed by atoms with E-state index < -0.39 is 0 Å². The second-order valence-corrected chi connectivity index (χ2v) is 5.21. The number of rotatable bonds is 5. The standard InChI is InChI=1S/C15H16FNOS/c1-2-19-15-9-5-8-13(11(15)10-17)18-14-7-4-3-6-12(14)16/h3-9H,2,10,17H2,1H3. The van der Waals surface area contributed by atoms with Gasteiger partial charge in [-0.15, -0.1) is 11.8 Å². The number of benzene rings is 2. The van der Waals surface area contributed by atoms with Crippen LogP contribution in [0.5, 0.6) is 11.5 Å². The average molecular weight is 277 g/mol. The zero-order valence-electron chi connectivity index (χ0n) is 10.7. The minimum Gasteiger partial charge on any atom is -0.454 e. The van der Waals surface area contributed by atoms with E-state index in [-0.39, 0.29) is 11.6 Å². The molecule has 0 bridgehead atoms. The van der Waals surface area contributed by atoms with Gasteiger partial charge in [0, 0.05) is 17.0 Å². The lowest BCUT2D eigenvalue weighted by Gasteiger charge is -2.13. The van der Waals surface area contributed by atoms with Gasteiger partial charge >= 0.3 is 0 Å². The molecule has 2 nitrogen and oxygen atoms in total. The zero-order valence-corrected chi connectivity index (χ0v) is 11.5. The summed E-state index contributed by atoms with van der Waals surface area (Å²) in [5.74, 6) is 1.41. The van der Waals surface area contributed by atoms with Crippen LogP contribution in [0.25, 0.3) is 0 Å². The molecule has 4 heteroatoms. The highest BCUT2D eigenvalue weighted by molar-refractivity contribution is 7.99. The summed E-state index contributed by atoms with van der Waals surface area (Å²) in [6.07, 6.45) is 0. The number of nitrogens with two attached hydrogens (primary N) is 1. The molecule has 0 aromatic heterocycles. The molecule has 0 amide bonds. The van der Waals surface area contributed by atoms with E-state index in [0.29, 0.717) is 12.3 Å². The molecule has 0 saturated heterocycles. The largest absolute Gasteiger partial charge is 0.454 e. The highest BCUT2D eigenvalue weighted by Crippen LogP contribution is 2.33. The molecule has 0 spiro atoms. The van der Waals surface area contributed by atoms with Crippen LogP contribution in [0.15, 0.2) is 47.4 Å². The van der Waals surface area contributed by atoms with Crippen LogP contribution in [-0.2, 0) is 6.54 Å². The summed E-state index contributed by atoms with van der Waals surface area (Å²) in [4.78, 5) is 1.08. The Bertz CT molecular complexity index is 560. The Labute approximate surface area is 116 Å². The van der Waals surface area contributed by atoms with Crippen molar-refractivity contribution in [3.63, 3.8) is 0 Å². The summed E-state index contributed by atoms with van der Waals surface area (Å²) in [7, 11) is 0. The molecule has 2 N–H and O–H groups in total. The third kappa shape index (κ3) is 3.28. The van der Waals surface area contributed by atoms with Crippen LogP contribution < -0.4 is 10.5 Å². The quantitative estimate of drug-likeness (QED) is 0.832. The van der Waals surface area contributed by atoms with Crippen molar-refractivity contribution in [1.82, 2.24) is 0 Å². The molecule has 0 fully saturated rings. The van der Waals surface area contributed by atoms with Crippen molar-refractivity contribution in [2.45, 2.75) is 18.4 Å². The Morgan fingerprint density at radius 2 is 1.84 bits per heavy atom. The molecule has 0 unspecified atom stereocenters. The second-order valence-electron chi connectivity index (χ2n) is 3.90. The van der Waals surface area contributed by atoms with E-state index >= 15 is 0 Å². The van der Waals surface area contributed by atoms with E-state index in [1.54, 1.807) is 30.0 Å². The lowest BCUT2D eigenvalue weighted by Crippen LogP contribution is -2.02. The molecule has 0 saturated carbocycles. The number of hydrogen-bond acceptors (Lipinski definition) is 3. The summed E-state index contributed by atoms with van der Waals surface area (Å²) in [5, 5.41) is 0. The molecule has 0 radical (unpaired) electrons. The molecule has 0 aliphatic heterocycles. The molecule has 0 atom stereocenters. The van der Waals surface area contributed by atoms with Crippen LogP contribution in [0.1, 0.15) is 12.5 Å². The fraction of sp³-hybridized carbons (Fsp3) is 0.200. The highest BCUT2D eigenvalue weighted by Gasteiger charge is 2.10. The van der Waals surface area contributed by atoms with Gasteiger partial charge in [0.05, 0.1) is 0 Å². The van der Waals surface area contributed by atoms with E-state index in [1.165, 1.54) is 6.07 Å². The number of ether oxygens (including phenoxy) is 1. The lowest BCUT2D eigenvalue weighted by atomic mass is 10.2. The smallest absolute Gasteiger partial charge is 0.165 e. The van der Waals surface area contributed by atoms with E-state index in [0.717, 1.165) is 16.2 Å². The Hall–Kier alpha value is -1.52. The maximum atomic E-state index is 13.6. The Morgan fingerprint density at radius 3 is 2.53 bits per heavy atom. The first kappa shape index (κ1) is 13.9. The number of para-hydroxylation sites is 1. The molecular weight excluding hydrogens is 261 g/mol. The average Bonchev–Trinajstić information content (AvgIpc) is 2.42. The monoisotopic (exact) mass is 277 g/mol. The van der Waals surface area contributed by atoms with Crippen LogP contribution >= 0.6 is 11.8 Å². The summed E-state index contributed by atoms with van der Waals surface area (Å²) in [5.41, 5.74) is 6.70. The normalized spacial score (nSPS) is 10.5. The van der Waals surface area contributed by atoms with Gasteiger partial charge in [-0.2, -0.15) is 0 Å². The van der Waals surface area contributed by atoms with Crippen molar-refractivity contribution in [1.29, 1.82) is 0 Å². The Kier molecular flexibility index (Phi) is 4.82. The topological polar surface area (TPSA) is 35.2 Å². The summed E-state index contributed by atoms with van der Waals surface area (Å²) in [6, 6.07) is 12.1. The van der Waals surface area contributed by atoms with E-state index in [9.17, 15) is 4.39 Å². The molecule has 0 heterocycles. The molecule has 2 aromatic carbocycles. The Balaban J connectivity index is 2.35. The summed E-state index contributed by atoms with van der Waals surface area (Å²) >= 11 is 1.70. The fourth-order valence-electron chi connectivity index (χ4n) is 1.78. The SMILES string of the molecule is CCSc1cccc(Oc2ccccc2F)c1CN. The van der Waals surface area contributed by atoms with Gasteiger partial charge < -0.3 is 10.5 Å². The van der Waals surface area contributed by atoms with Crippen LogP contribution in [0.4, 0.5) is 4.39 Å². The van der Waals surface area contributed by atoms with Crippen molar-refractivity contribution in [2.75, 3.05) is 5.75 Å². The van der Waals surface area contributed by atoms with E-state index in [2.05, 4.69) is 6.92 Å². The molecule has 19 heavy (non-hydrogen) atoms. The second kappa shape index (κ2) is 6.59. The number of hydrogen-bond donors (Lipinski definition) is 1. The first-order valence-electron chi connectivity index (χ1n) is 6.13. The van der Waals surface area contributed by atoms with Gasteiger partial charge in [-0.1, -0.05) is 25.1 Å². The van der Waals surface area contributed by atoms with Crippen LogP contribution in [0.2, 0.25) is 0 Å². The molecule has 0 aliphatic rings. The van der Waals surface area contributed by atoms with Gasteiger partial charge in [0.15, 0.2) is 11.6 Å². The van der Waals surface area contributed by atoms with Crippen molar-refractivity contribution >= 4 is 11.8 Å². The maximum absolute atomic E-state index is 13.6. The van der Waals surface area contributed by atoms with Gasteiger partial charge in [-0.3, -0.25) is 0 Å². The van der Waals surface area contributed by atoms with Gasteiger partial charge in [-0.05, 0) is 30.0 Å².